The third kappa shape index (κ3) is 2.84. The minimum atomic E-state index is 0.232. The summed E-state index contributed by atoms with van der Waals surface area (Å²) in [5.74, 6) is 0.845. The van der Waals surface area contributed by atoms with Crippen molar-refractivity contribution in [1.29, 1.82) is 0 Å². The van der Waals surface area contributed by atoms with Gasteiger partial charge in [0.25, 0.3) is 0 Å². The lowest BCUT2D eigenvalue weighted by molar-refractivity contribution is 0.237. The summed E-state index contributed by atoms with van der Waals surface area (Å²) in [6.07, 6.45) is 5.05. The molecule has 1 aromatic carbocycles. The maximum absolute atomic E-state index is 6.17. The first kappa shape index (κ1) is 14.2. The van der Waals surface area contributed by atoms with Crippen molar-refractivity contribution in [1.82, 2.24) is 5.32 Å². The molecule has 1 saturated carbocycles. The van der Waals surface area contributed by atoms with E-state index in [2.05, 4.69) is 24.4 Å². The van der Waals surface area contributed by atoms with Crippen molar-refractivity contribution >= 4 is 23.2 Å². The van der Waals surface area contributed by atoms with Crippen molar-refractivity contribution in [2.24, 2.45) is 5.92 Å². The molecule has 1 aromatic rings. The molecule has 0 aliphatic heterocycles. The molecule has 3 heteroatoms. The topological polar surface area (TPSA) is 12.0 Å². The molecule has 0 amide bonds. The van der Waals surface area contributed by atoms with Crippen LogP contribution in [-0.4, -0.2) is 13.6 Å². The second-order valence-electron chi connectivity index (χ2n) is 5.62. The summed E-state index contributed by atoms with van der Waals surface area (Å²) in [6.45, 7) is 3.36. The Morgan fingerprint density at radius 1 is 1.22 bits per heavy atom. The molecule has 1 aliphatic carbocycles. The molecule has 18 heavy (non-hydrogen) atoms. The normalized spacial score (nSPS) is 28.3. The largest absolute Gasteiger partial charge is 0.319 e. The lowest BCUT2D eigenvalue weighted by Gasteiger charge is -2.40. The summed E-state index contributed by atoms with van der Waals surface area (Å²) in [5, 5.41) is 4.66. The van der Waals surface area contributed by atoms with Gasteiger partial charge in [-0.1, -0.05) is 36.2 Å². The van der Waals surface area contributed by atoms with Crippen molar-refractivity contribution in [2.45, 2.75) is 38.0 Å². The predicted molar refractivity (Wildman–Crippen MR) is 79.7 cm³/mol. The molecule has 0 unspecified atom stereocenters. The fourth-order valence-electron chi connectivity index (χ4n) is 3.05. The van der Waals surface area contributed by atoms with Gasteiger partial charge in [0.1, 0.15) is 0 Å². The van der Waals surface area contributed by atoms with Crippen LogP contribution >= 0.6 is 23.2 Å². The van der Waals surface area contributed by atoms with Gasteiger partial charge in [0.15, 0.2) is 0 Å². The van der Waals surface area contributed by atoms with E-state index in [1.54, 1.807) is 0 Å². The van der Waals surface area contributed by atoms with E-state index in [1.165, 1.54) is 31.2 Å². The van der Waals surface area contributed by atoms with Crippen molar-refractivity contribution in [3.05, 3.63) is 33.8 Å². The highest BCUT2D eigenvalue weighted by Crippen LogP contribution is 2.42. The van der Waals surface area contributed by atoms with Crippen molar-refractivity contribution in [3.63, 3.8) is 0 Å². The van der Waals surface area contributed by atoms with Crippen LogP contribution in [0.25, 0.3) is 0 Å². The summed E-state index contributed by atoms with van der Waals surface area (Å²) >= 11 is 12.2. The van der Waals surface area contributed by atoms with Crippen LogP contribution in [0.5, 0.6) is 0 Å². The van der Waals surface area contributed by atoms with Crippen LogP contribution < -0.4 is 5.32 Å². The van der Waals surface area contributed by atoms with Gasteiger partial charge in [-0.05, 0) is 56.3 Å². The second kappa shape index (κ2) is 5.81. The summed E-state index contributed by atoms with van der Waals surface area (Å²) < 4.78 is 0. The zero-order valence-electron chi connectivity index (χ0n) is 11.1. The highest BCUT2D eigenvalue weighted by molar-refractivity contribution is 6.42. The molecule has 2 rings (SSSR count). The van der Waals surface area contributed by atoms with Crippen LogP contribution in [0.4, 0.5) is 0 Å². The SMILES string of the molecule is CNCC1(c2ccc(Cl)c(Cl)c2)CCC(C)CC1. The van der Waals surface area contributed by atoms with Crippen LogP contribution in [0.15, 0.2) is 18.2 Å². The summed E-state index contributed by atoms with van der Waals surface area (Å²) in [7, 11) is 2.03. The molecular formula is C15H21Cl2N. The number of hydrogen-bond donors (Lipinski definition) is 1. The fourth-order valence-corrected chi connectivity index (χ4v) is 3.34. The molecule has 100 valence electrons. The fraction of sp³-hybridized carbons (Fsp3) is 0.600. The van der Waals surface area contributed by atoms with Crippen LogP contribution in [0, 0.1) is 5.92 Å². The molecule has 0 saturated heterocycles. The Balaban J connectivity index is 2.31. The van der Waals surface area contributed by atoms with Gasteiger partial charge in [0.05, 0.1) is 10.0 Å². The Labute approximate surface area is 120 Å². The van der Waals surface area contributed by atoms with Gasteiger partial charge >= 0.3 is 0 Å². The van der Waals surface area contributed by atoms with E-state index in [9.17, 15) is 0 Å². The van der Waals surface area contributed by atoms with Crippen molar-refractivity contribution < 1.29 is 0 Å². The van der Waals surface area contributed by atoms with Gasteiger partial charge in [0.2, 0.25) is 0 Å². The standard InChI is InChI=1S/C15H21Cl2N/c1-11-5-7-15(8-6-11,10-18-2)12-3-4-13(16)14(17)9-12/h3-4,9,11,18H,5-8,10H2,1-2H3. The van der Waals surface area contributed by atoms with Gasteiger partial charge in [-0.15, -0.1) is 0 Å². The van der Waals surface area contributed by atoms with Crippen molar-refractivity contribution in [3.8, 4) is 0 Å². The first-order valence-corrected chi connectivity index (χ1v) is 7.43. The van der Waals surface area contributed by atoms with Crippen LogP contribution in [0.1, 0.15) is 38.2 Å². The minimum Gasteiger partial charge on any atom is -0.319 e. The average molecular weight is 286 g/mol. The molecule has 0 heterocycles. The van der Waals surface area contributed by atoms with Gasteiger partial charge in [-0.25, -0.2) is 0 Å². The monoisotopic (exact) mass is 285 g/mol. The summed E-state index contributed by atoms with van der Waals surface area (Å²) in [4.78, 5) is 0. The molecular weight excluding hydrogens is 265 g/mol. The number of halogens is 2. The second-order valence-corrected chi connectivity index (χ2v) is 6.44. The summed E-state index contributed by atoms with van der Waals surface area (Å²) in [6, 6.07) is 6.12. The van der Waals surface area contributed by atoms with Gasteiger partial charge in [-0.2, -0.15) is 0 Å². The predicted octanol–water partition coefficient (Wildman–Crippen LogP) is 4.66. The lowest BCUT2D eigenvalue weighted by atomic mass is 9.67. The Hall–Kier alpha value is -0.240. The highest BCUT2D eigenvalue weighted by Gasteiger charge is 2.35. The van der Waals surface area contributed by atoms with E-state index in [0.29, 0.717) is 10.0 Å². The number of nitrogens with one attached hydrogen (secondary N) is 1. The number of benzene rings is 1. The lowest BCUT2D eigenvalue weighted by Crippen LogP contribution is -2.40. The van der Waals surface area contributed by atoms with E-state index in [4.69, 9.17) is 23.2 Å². The molecule has 0 aromatic heterocycles. The molecule has 0 atom stereocenters. The van der Waals surface area contributed by atoms with Gasteiger partial charge < -0.3 is 5.32 Å². The van der Waals surface area contributed by atoms with Crippen LogP contribution in [0.2, 0.25) is 10.0 Å². The van der Waals surface area contributed by atoms with Crippen molar-refractivity contribution in [2.75, 3.05) is 13.6 Å². The third-order valence-corrected chi connectivity index (χ3v) is 5.02. The molecule has 1 aliphatic rings. The zero-order valence-corrected chi connectivity index (χ0v) is 12.6. The Morgan fingerprint density at radius 2 is 1.89 bits per heavy atom. The van der Waals surface area contributed by atoms with Crippen LogP contribution in [-0.2, 0) is 5.41 Å². The smallest absolute Gasteiger partial charge is 0.0595 e. The number of rotatable bonds is 3. The Morgan fingerprint density at radius 3 is 2.44 bits per heavy atom. The molecule has 1 fully saturated rings. The minimum absolute atomic E-state index is 0.232. The van der Waals surface area contributed by atoms with Gasteiger partial charge in [0, 0.05) is 12.0 Å². The average Bonchev–Trinajstić information content (AvgIpc) is 2.36. The van der Waals surface area contributed by atoms with E-state index in [-0.39, 0.29) is 5.41 Å². The van der Waals surface area contributed by atoms with Crippen LogP contribution in [0.3, 0.4) is 0 Å². The first-order valence-electron chi connectivity index (χ1n) is 6.67. The molecule has 0 radical (unpaired) electrons. The first-order chi connectivity index (χ1) is 8.57. The zero-order chi connectivity index (χ0) is 13.2. The Bertz CT molecular complexity index is 409. The molecule has 0 spiro atoms. The van der Waals surface area contributed by atoms with E-state index in [1.807, 2.05) is 13.1 Å². The summed E-state index contributed by atoms with van der Waals surface area (Å²) in [5.41, 5.74) is 1.56. The van der Waals surface area contributed by atoms with E-state index >= 15 is 0 Å². The Kier molecular flexibility index (Phi) is 4.58. The van der Waals surface area contributed by atoms with E-state index < -0.39 is 0 Å². The van der Waals surface area contributed by atoms with Gasteiger partial charge in [-0.3, -0.25) is 0 Å². The molecule has 1 N–H and O–H groups in total. The van der Waals surface area contributed by atoms with E-state index in [0.717, 1.165) is 12.5 Å². The quantitative estimate of drug-likeness (QED) is 0.852. The maximum Gasteiger partial charge on any atom is 0.0595 e. The highest BCUT2D eigenvalue weighted by atomic mass is 35.5. The third-order valence-electron chi connectivity index (χ3n) is 4.28. The molecule has 1 nitrogen and oxygen atoms in total. The number of hydrogen-bond acceptors (Lipinski definition) is 1. The number of likely N-dealkylation sites (N-methyl/N-ethyl adjacent to an activating group) is 1. The molecule has 0 bridgehead atoms. The maximum atomic E-state index is 6.17.